The van der Waals surface area contributed by atoms with Gasteiger partial charge in [-0.15, -0.1) is 0 Å². The predicted octanol–water partition coefficient (Wildman–Crippen LogP) is 2.84. The molecule has 0 heterocycles. The molecule has 0 atom stereocenters. The van der Waals surface area contributed by atoms with Crippen molar-refractivity contribution >= 4 is 17.9 Å². The van der Waals surface area contributed by atoms with Gasteiger partial charge in [-0.25, -0.2) is 0 Å². The summed E-state index contributed by atoms with van der Waals surface area (Å²) in [6.07, 6.45) is 0.776. The molecule has 4 heteroatoms. The third-order valence-electron chi connectivity index (χ3n) is 2.82. The number of carbonyl (C=O) groups excluding carboxylic acids is 1. The molecule has 0 spiro atoms. The van der Waals surface area contributed by atoms with Crippen LogP contribution in [0, 0.1) is 13.8 Å². The van der Waals surface area contributed by atoms with Gasteiger partial charge in [-0.1, -0.05) is 18.7 Å². The maximum absolute atomic E-state index is 11.0. The molecular weight excluding hydrogens is 234 g/mol. The second-order valence-electron chi connectivity index (χ2n) is 4.22. The molecule has 1 aromatic carbocycles. The standard InChI is InChI=1S/C13H19NO2S/c1-9-7-10(2)11(12(8-9)16-4)5-6-14(3)13(15)17/h7-8H,5-6H2,1-4H3,(H,15,17). The Morgan fingerprint density at radius 2 is 2.06 bits per heavy atom. The molecule has 0 aliphatic heterocycles. The van der Waals surface area contributed by atoms with Crippen LogP contribution in [0.2, 0.25) is 0 Å². The molecule has 1 rings (SSSR count). The molecule has 0 fully saturated rings. The van der Waals surface area contributed by atoms with Gasteiger partial charge in [0.2, 0.25) is 0 Å². The summed E-state index contributed by atoms with van der Waals surface area (Å²) in [6, 6.07) is 4.14. The third kappa shape index (κ3) is 3.66. The lowest BCUT2D eigenvalue weighted by Gasteiger charge is -2.17. The lowest BCUT2D eigenvalue weighted by atomic mass is 10.0. The van der Waals surface area contributed by atoms with Crippen LogP contribution in [0.4, 0.5) is 4.79 Å². The van der Waals surface area contributed by atoms with Gasteiger partial charge >= 0.3 is 0 Å². The van der Waals surface area contributed by atoms with Crippen molar-refractivity contribution in [2.24, 2.45) is 0 Å². The summed E-state index contributed by atoms with van der Waals surface area (Å²) in [5.41, 5.74) is 3.53. The van der Waals surface area contributed by atoms with Crippen LogP contribution in [0.15, 0.2) is 12.1 Å². The second kappa shape index (κ2) is 5.96. The molecule has 0 bridgehead atoms. The Labute approximate surface area is 108 Å². The van der Waals surface area contributed by atoms with E-state index in [0.29, 0.717) is 6.54 Å². The number of carbonyl (C=O) groups is 1. The Bertz CT molecular complexity index is 418. The van der Waals surface area contributed by atoms with E-state index in [9.17, 15) is 4.79 Å². The minimum absolute atomic E-state index is 0.214. The highest BCUT2D eigenvalue weighted by Gasteiger charge is 2.10. The molecule has 0 radical (unpaired) electrons. The highest BCUT2D eigenvalue weighted by Crippen LogP contribution is 2.24. The minimum Gasteiger partial charge on any atom is -0.496 e. The Kier molecular flexibility index (Phi) is 4.87. The van der Waals surface area contributed by atoms with Crippen LogP contribution in [-0.4, -0.2) is 30.8 Å². The van der Waals surface area contributed by atoms with Crippen LogP contribution < -0.4 is 4.74 Å². The summed E-state index contributed by atoms with van der Waals surface area (Å²) in [6.45, 7) is 4.75. The first-order chi connectivity index (χ1) is 7.95. The fourth-order valence-electron chi connectivity index (χ4n) is 1.84. The minimum atomic E-state index is -0.214. The van der Waals surface area contributed by atoms with Crippen molar-refractivity contribution in [1.82, 2.24) is 4.90 Å². The molecule has 94 valence electrons. The van der Waals surface area contributed by atoms with Gasteiger partial charge < -0.3 is 9.64 Å². The smallest absolute Gasteiger partial charge is 0.278 e. The quantitative estimate of drug-likeness (QED) is 0.836. The Morgan fingerprint density at radius 1 is 1.41 bits per heavy atom. The molecule has 3 nitrogen and oxygen atoms in total. The summed E-state index contributed by atoms with van der Waals surface area (Å²) in [7, 11) is 3.41. The number of nitrogens with zero attached hydrogens (tertiary/aromatic N) is 1. The van der Waals surface area contributed by atoms with E-state index in [1.165, 1.54) is 11.1 Å². The summed E-state index contributed by atoms with van der Waals surface area (Å²) < 4.78 is 5.38. The van der Waals surface area contributed by atoms with E-state index in [2.05, 4.69) is 25.6 Å². The average Bonchev–Trinajstić information content (AvgIpc) is 2.26. The zero-order chi connectivity index (χ0) is 13.0. The Balaban J connectivity index is 2.86. The first-order valence-electron chi connectivity index (χ1n) is 5.54. The highest BCUT2D eigenvalue weighted by molar-refractivity contribution is 7.96. The van der Waals surface area contributed by atoms with Crippen molar-refractivity contribution in [1.29, 1.82) is 0 Å². The molecule has 0 aromatic heterocycles. The van der Waals surface area contributed by atoms with Crippen molar-refractivity contribution < 1.29 is 9.53 Å². The maximum Gasteiger partial charge on any atom is 0.278 e. The molecule has 17 heavy (non-hydrogen) atoms. The van der Waals surface area contributed by atoms with Gasteiger partial charge in [-0.3, -0.25) is 4.79 Å². The number of aryl methyl sites for hydroxylation is 2. The van der Waals surface area contributed by atoms with Crippen molar-refractivity contribution in [3.63, 3.8) is 0 Å². The van der Waals surface area contributed by atoms with Gasteiger partial charge in [0.05, 0.1) is 7.11 Å². The average molecular weight is 253 g/mol. The SMILES string of the molecule is COc1cc(C)cc(C)c1CCN(C)C(=O)S. The number of hydrogen-bond donors (Lipinski definition) is 1. The molecule has 0 saturated carbocycles. The number of rotatable bonds is 4. The molecule has 0 aliphatic rings. The topological polar surface area (TPSA) is 29.5 Å². The molecule has 0 N–H and O–H groups in total. The van der Waals surface area contributed by atoms with Crippen LogP contribution >= 0.6 is 12.6 Å². The van der Waals surface area contributed by atoms with Gasteiger partial charge in [-0.05, 0) is 43.0 Å². The zero-order valence-corrected chi connectivity index (χ0v) is 11.7. The number of thiol groups is 1. The molecule has 0 saturated heterocycles. The monoisotopic (exact) mass is 253 g/mol. The number of benzene rings is 1. The Morgan fingerprint density at radius 3 is 2.59 bits per heavy atom. The summed E-state index contributed by atoms with van der Waals surface area (Å²) in [5, 5.41) is -0.214. The number of hydrogen-bond acceptors (Lipinski definition) is 2. The van der Waals surface area contributed by atoms with E-state index in [1.807, 2.05) is 13.0 Å². The summed E-state index contributed by atoms with van der Waals surface area (Å²) >= 11 is 3.79. The first kappa shape index (κ1) is 13.9. The summed E-state index contributed by atoms with van der Waals surface area (Å²) in [4.78, 5) is 12.6. The van der Waals surface area contributed by atoms with Gasteiger partial charge in [0, 0.05) is 13.6 Å². The number of methoxy groups -OCH3 is 1. The largest absolute Gasteiger partial charge is 0.496 e. The van der Waals surface area contributed by atoms with Crippen LogP contribution in [-0.2, 0) is 6.42 Å². The second-order valence-corrected chi connectivity index (χ2v) is 4.60. The van der Waals surface area contributed by atoms with E-state index in [1.54, 1.807) is 19.1 Å². The molecule has 0 unspecified atom stereocenters. The lowest BCUT2D eigenvalue weighted by Crippen LogP contribution is -2.23. The highest BCUT2D eigenvalue weighted by atomic mass is 32.1. The molecule has 1 amide bonds. The van der Waals surface area contributed by atoms with Crippen LogP contribution in [0.25, 0.3) is 0 Å². The number of ether oxygens (including phenoxy) is 1. The maximum atomic E-state index is 11.0. The van der Waals surface area contributed by atoms with Gasteiger partial charge in [0.15, 0.2) is 0 Å². The van der Waals surface area contributed by atoms with Crippen LogP contribution in [0.3, 0.4) is 0 Å². The fourth-order valence-corrected chi connectivity index (χ4v) is 1.94. The van der Waals surface area contributed by atoms with Gasteiger partial charge in [0.1, 0.15) is 5.75 Å². The van der Waals surface area contributed by atoms with Crippen LogP contribution in [0.1, 0.15) is 16.7 Å². The lowest BCUT2D eigenvalue weighted by molar-refractivity contribution is 0.234. The van der Waals surface area contributed by atoms with Gasteiger partial charge in [-0.2, -0.15) is 0 Å². The number of amides is 1. The van der Waals surface area contributed by atoms with E-state index in [-0.39, 0.29) is 5.24 Å². The fraction of sp³-hybridized carbons (Fsp3) is 0.462. The van der Waals surface area contributed by atoms with E-state index in [0.717, 1.165) is 17.7 Å². The van der Waals surface area contributed by atoms with Crippen molar-refractivity contribution in [2.75, 3.05) is 20.7 Å². The Hall–Kier alpha value is -1.16. The van der Waals surface area contributed by atoms with Crippen molar-refractivity contribution in [3.05, 3.63) is 28.8 Å². The molecule has 1 aromatic rings. The molecule has 0 aliphatic carbocycles. The number of likely N-dealkylation sites (N-methyl/N-ethyl adjacent to an activating group) is 1. The van der Waals surface area contributed by atoms with E-state index < -0.39 is 0 Å². The molecular formula is C13H19NO2S. The van der Waals surface area contributed by atoms with Crippen LogP contribution in [0.5, 0.6) is 5.75 Å². The van der Waals surface area contributed by atoms with Crippen molar-refractivity contribution in [3.8, 4) is 5.75 Å². The van der Waals surface area contributed by atoms with Crippen molar-refractivity contribution in [2.45, 2.75) is 20.3 Å². The first-order valence-corrected chi connectivity index (χ1v) is 5.98. The predicted molar refractivity (Wildman–Crippen MR) is 73.2 cm³/mol. The van der Waals surface area contributed by atoms with E-state index in [4.69, 9.17) is 4.74 Å². The third-order valence-corrected chi connectivity index (χ3v) is 3.16. The van der Waals surface area contributed by atoms with E-state index >= 15 is 0 Å². The summed E-state index contributed by atoms with van der Waals surface area (Å²) in [5.74, 6) is 0.891. The normalized spacial score (nSPS) is 10.2. The van der Waals surface area contributed by atoms with Gasteiger partial charge in [0.25, 0.3) is 5.24 Å². The zero-order valence-electron chi connectivity index (χ0n) is 10.8.